The summed E-state index contributed by atoms with van der Waals surface area (Å²) in [7, 11) is -0.287. The maximum Gasteiger partial charge on any atom is 1.00 e. The molecule has 0 saturated heterocycles. The van der Waals surface area contributed by atoms with Crippen molar-refractivity contribution in [2.24, 2.45) is 0 Å². The Balaban J connectivity index is -0.000000720. The first-order valence-corrected chi connectivity index (χ1v) is 8.80. The molecule has 2 heteroatoms. The molecule has 0 bridgehead atoms. The summed E-state index contributed by atoms with van der Waals surface area (Å²) in [6.45, 7) is 6.97. The monoisotopic (exact) mass is 208 g/mol. The predicted octanol–water partition coefficient (Wildman–Crippen LogP) is 1.73. The molecule has 0 aromatic carbocycles. The molecule has 0 saturated carbocycles. The summed E-state index contributed by atoms with van der Waals surface area (Å²) in [5.74, 6) is 0. The van der Waals surface area contributed by atoms with Crippen LogP contribution in [0.25, 0.3) is 0 Å². The molecule has 82 valence electrons. The van der Waals surface area contributed by atoms with Crippen LogP contribution in [0, 0.1) is 0 Å². The van der Waals surface area contributed by atoms with Crippen molar-refractivity contribution in [2.45, 2.75) is 77.4 Å². The summed E-state index contributed by atoms with van der Waals surface area (Å²) in [4.78, 5) is 0. The second-order valence-corrected chi connectivity index (χ2v) is 7.76. The number of hydrogen-bond acceptors (Lipinski definition) is 0. The van der Waals surface area contributed by atoms with Crippen molar-refractivity contribution >= 4 is 8.80 Å². The van der Waals surface area contributed by atoms with Crippen molar-refractivity contribution in [3.05, 3.63) is 0 Å². The van der Waals surface area contributed by atoms with Gasteiger partial charge in [-0.25, -0.2) is 0 Å². The Morgan fingerprint density at radius 2 is 1.00 bits per heavy atom. The van der Waals surface area contributed by atoms with Gasteiger partial charge in [0, 0.05) is 8.80 Å². The molecule has 0 nitrogen and oxygen atoms in total. The Morgan fingerprint density at radius 3 is 1.21 bits per heavy atom. The van der Waals surface area contributed by atoms with Gasteiger partial charge in [-0.2, -0.15) is 0 Å². The van der Waals surface area contributed by atoms with Crippen LogP contribution >= 0.6 is 0 Å². The van der Waals surface area contributed by atoms with E-state index in [0.29, 0.717) is 0 Å². The van der Waals surface area contributed by atoms with Gasteiger partial charge in [-0.15, -0.1) is 0 Å². The fourth-order valence-electron chi connectivity index (χ4n) is 1.91. The van der Waals surface area contributed by atoms with Crippen LogP contribution in [-0.4, -0.2) is 8.80 Å². The van der Waals surface area contributed by atoms with Gasteiger partial charge in [0.05, 0.1) is 0 Å². The van der Waals surface area contributed by atoms with Crippen molar-refractivity contribution in [3.8, 4) is 0 Å². The topological polar surface area (TPSA) is 0 Å². The molecule has 0 N–H and O–H groups in total. The first-order valence-electron chi connectivity index (χ1n) is 6.35. The van der Waals surface area contributed by atoms with E-state index >= 15 is 0 Å². The van der Waals surface area contributed by atoms with Crippen LogP contribution in [0.15, 0.2) is 0 Å². The minimum atomic E-state index is -0.287. The zero-order valence-electron chi connectivity index (χ0n) is 11.9. The van der Waals surface area contributed by atoms with Crippen molar-refractivity contribution in [3.63, 3.8) is 0 Å². The van der Waals surface area contributed by atoms with Crippen LogP contribution in [0.3, 0.4) is 0 Å². The summed E-state index contributed by atoms with van der Waals surface area (Å²) >= 11 is 0. The van der Waals surface area contributed by atoms with E-state index in [1.165, 1.54) is 38.5 Å². The number of rotatable bonds is 9. The van der Waals surface area contributed by atoms with Gasteiger partial charge in [-0.1, -0.05) is 77.4 Å². The molecule has 0 aromatic rings. The van der Waals surface area contributed by atoms with Crippen LogP contribution < -0.4 is 18.9 Å². The van der Waals surface area contributed by atoms with Gasteiger partial charge in [0.15, 0.2) is 0 Å². The Kier molecular flexibility index (Phi) is 17.0. The predicted molar refractivity (Wildman–Crippen MR) is 67.4 cm³/mol. The van der Waals surface area contributed by atoms with Gasteiger partial charge >= 0.3 is 18.9 Å². The number of unbranched alkanes of at least 4 members (excludes halogenated alkanes) is 3. The molecule has 0 aliphatic heterocycles. The minimum Gasteiger partial charge on any atom is -1.00 e. The molecule has 0 aliphatic rings. The smallest absolute Gasteiger partial charge is 1.00 e. The molecule has 0 unspecified atom stereocenters. The molecule has 0 aliphatic carbocycles. The van der Waals surface area contributed by atoms with Gasteiger partial charge in [-0.3, -0.25) is 0 Å². The maximum absolute atomic E-state index is 2.32. The molecular weight excluding hydrogens is 179 g/mol. The molecule has 0 heterocycles. The van der Waals surface area contributed by atoms with E-state index in [2.05, 4.69) is 20.8 Å². The van der Waals surface area contributed by atoms with Crippen LogP contribution in [-0.2, 0) is 0 Å². The zero-order valence-corrected chi connectivity index (χ0v) is 12.1. The van der Waals surface area contributed by atoms with Crippen LogP contribution in [0.2, 0.25) is 18.1 Å². The second-order valence-electron chi connectivity index (χ2n) is 4.29. The molecular formula is C12H29LiSi. The standard InChI is InChI=1S/C12H28Si.Li.H/c1-4-7-10-13(11-8-5-2)12-9-6-3;;/h13H,4-12H2,1-3H3;;/q;+1;-1. The largest absolute Gasteiger partial charge is 1.00 e. The van der Waals surface area contributed by atoms with E-state index in [0.717, 1.165) is 0 Å². The third-order valence-corrected chi connectivity index (χ3v) is 6.57. The van der Waals surface area contributed by atoms with E-state index in [-0.39, 0.29) is 29.1 Å². The molecule has 14 heavy (non-hydrogen) atoms. The van der Waals surface area contributed by atoms with Crippen LogP contribution in [0.1, 0.15) is 60.7 Å². The summed E-state index contributed by atoms with van der Waals surface area (Å²) < 4.78 is 0. The molecule has 0 amide bonds. The average molecular weight is 208 g/mol. The minimum absolute atomic E-state index is 0. The molecule has 0 spiro atoms. The van der Waals surface area contributed by atoms with E-state index in [9.17, 15) is 0 Å². The van der Waals surface area contributed by atoms with Crippen LogP contribution in [0.5, 0.6) is 0 Å². The SMILES string of the molecule is CCCC[SiH](CCCC)CCCC.[H-].[Li+]. The van der Waals surface area contributed by atoms with E-state index in [1.807, 2.05) is 0 Å². The third kappa shape index (κ3) is 10.9. The first-order chi connectivity index (χ1) is 6.35. The summed E-state index contributed by atoms with van der Waals surface area (Å²) in [6, 6.07) is 4.86. The number of hydrogen-bond donors (Lipinski definition) is 0. The molecule has 0 aromatic heterocycles. The van der Waals surface area contributed by atoms with Crippen molar-refractivity contribution < 1.29 is 20.3 Å². The average Bonchev–Trinajstić information content (AvgIpc) is 2.17. The van der Waals surface area contributed by atoms with E-state index < -0.39 is 0 Å². The molecule has 0 radical (unpaired) electrons. The van der Waals surface area contributed by atoms with Gasteiger partial charge in [0.1, 0.15) is 0 Å². The molecule has 0 fully saturated rings. The molecule has 0 atom stereocenters. The normalized spacial score (nSPS) is 10.3. The Morgan fingerprint density at radius 1 is 0.714 bits per heavy atom. The van der Waals surface area contributed by atoms with Crippen LogP contribution in [0.4, 0.5) is 0 Å². The zero-order chi connectivity index (χ0) is 9.94. The Hall–Kier alpha value is 0.814. The third-order valence-electron chi connectivity index (χ3n) is 2.90. The maximum atomic E-state index is 2.32. The van der Waals surface area contributed by atoms with Gasteiger partial charge in [0.2, 0.25) is 0 Å². The van der Waals surface area contributed by atoms with Gasteiger partial charge in [-0.05, 0) is 0 Å². The van der Waals surface area contributed by atoms with Gasteiger partial charge < -0.3 is 1.43 Å². The molecule has 0 rings (SSSR count). The fraction of sp³-hybridized carbons (Fsp3) is 1.00. The first kappa shape index (κ1) is 17.2. The Labute approximate surface area is 107 Å². The quantitative estimate of drug-likeness (QED) is 0.506. The summed E-state index contributed by atoms with van der Waals surface area (Å²) in [5, 5.41) is 0. The summed E-state index contributed by atoms with van der Waals surface area (Å²) in [5.41, 5.74) is 0. The second kappa shape index (κ2) is 13.8. The van der Waals surface area contributed by atoms with E-state index in [4.69, 9.17) is 0 Å². The van der Waals surface area contributed by atoms with E-state index in [1.54, 1.807) is 18.1 Å². The fourth-order valence-corrected chi connectivity index (χ4v) is 5.73. The summed E-state index contributed by atoms with van der Waals surface area (Å²) in [6.07, 6.45) is 8.73. The van der Waals surface area contributed by atoms with Crippen molar-refractivity contribution in [1.82, 2.24) is 0 Å². The van der Waals surface area contributed by atoms with Crippen molar-refractivity contribution in [1.29, 1.82) is 0 Å². The van der Waals surface area contributed by atoms with Gasteiger partial charge in [0.25, 0.3) is 0 Å². The Bertz CT molecular complexity index is 82.6. The van der Waals surface area contributed by atoms with Crippen molar-refractivity contribution in [2.75, 3.05) is 0 Å².